The van der Waals surface area contributed by atoms with Gasteiger partial charge in [0.15, 0.2) is 11.5 Å². The zero-order valence-electron chi connectivity index (χ0n) is 44.2. The Morgan fingerprint density at radius 3 is 2.34 bits per heavy atom. The molecule has 5 aromatic rings. The van der Waals surface area contributed by atoms with E-state index in [0.717, 1.165) is 22.5 Å². The van der Waals surface area contributed by atoms with Crippen LogP contribution in [0.1, 0.15) is 99.5 Å². The van der Waals surface area contributed by atoms with Crippen molar-refractivity contribution in [3.05, 3.63) is 126 Å². The van der Waals surface area contributed by atoms with Crippen molar-refractivity contribution in [3.63, 3.8) is 0 Å². The quantitative estimate of drug-likeness (QED) is 0.0161. The molecule has 0 spiro atoms. The molecule has 20 nitrogen and oxygen atoms in total. The number of aliphatic imine (C=N–C) groups is 1. The number of fused-ring (bicyclic) bond motifs is 2. The number of anilines is 2. The number of nitrogens with two attached hydrogens (primary N) is 1. The van der Waals surface area contributed by atoms with Gasteiger partial charge in [-0.1, -0.05) is 64.5 Å². The first-order chi connectivity index (χ1) is 36.3. The van der Waals surface area contributed by atoms with Gasteiger partial charge in [0, 0.05) is 103 Å². The molecule has 0 saturated carbocycles. The number of hydrogen-bond donors (Lipinski definition) is 7. The average molecular weight is 1050 g/mol. The number of likely N-dealkylation sites (tertiary alicyclic amines) is 1. The molecular formula is C55H68N14O6S. The summed E-state index contributed by atoms with van der Waals surface area (Å²) in [4.78, 5) is 77.7. The van der Waals surface area contributed by atoms with Gasteiger partial charge in [-0.25, -0.2) is 19.9 Å². The van der Waals surface area contributed by atoms with Crippen molar-refractivity contribution in [2.45, 2.75) is 104 Å². The summed E-state index contributed by atoms with van der Waals surface area (Å²) in [6.07, 6.45) is 9.26. The Morgan fingerprint density at radius 2 is 1.66 bits per heavy atom. The lowest BCUT2D eigenvalue weighted by atomic mass is 10.0. The lowest BCUT2D eigenvalue weighted by Gasteiger charge is -2.21. The van der Waals surface area contributed by atoms with Crippen LogP contribution in [0.25, 0.3) is 33.6 Å². The normalized spacial score (nSPS) is 14.9. The van der Waals surface area contributed by atoms with Gasteiger partial charge in [0.25, 0.3) is 11.8 Å². The average Bonchev–Trinajstić information content (AvgIpc) is 4.21. The summed E-state index contributed by atoms with van der Waals surface area (Å²) in [6, 6.07) is 5.24. The fourth-order valence-corrected chi connectivity index (χ4v) is 9.09. The number of hydrogen-bond acceptors (Lipinski definition) is 15. The van der Waals surface area contributed by atoms with E-state index in [1.54, 1.807) is 30.8 Å². The van der Waals surface area contributed by atoms with Crippen LogP contribution in [-0.4, -0.2) is 101 Å². The van der Waals surface area contributed by atoms with Crippen LogP contribution in [0.4, 0.5) is 11.9 Å². The molecule has 4 amide bonds. The number of benzene rings is 1. The number of carbonyl (C=O) groups is 4. The van der Waals surface area contributed by atoms with E-state index in [0.29, 0.717) is 125 Å². The maximum atomic E-state index is 13.9. The highest BCUT2D eigenvalue weighted by Gasteiger charge is 2.32. The van der Waals surface area contributed by atoms with Gasteiger partial charge in [0.2, 0.25) is 29.5 Å². The standard InChI is InChI=1S/C55H68N14O6S/c1-12-41-40(22-31(4)60-41)52(72)65-55-64-44-24-39(33(6)56)27-59-51(44)68(55)20-16-15-19-67-49-43(63-54(67)66-53(73)50-42(13-2)62-37(10)75-50)23-38(35(8)57-11)25-45(49)74-21-17-14-18-30(3)34(7)61-47(70)28-58-32(5)29-69-36(9)46(76)26-48(69)71/h15-16,23-25,27,34,46,57-58,76H,3,5-6,8-9,12-14,17-22,26,28-29,56H2,1-2,4,7,10-11H3,(H,61,70)(H,63,66,73)(H,64,65,72)/b16-15+/t34-,46?/m0/s1. The van der Waals surface area contributed by atoms with E-state index in [1.165, 1.54) is 4.90 Å². The van der Waals surface area contributed by atoms with Crippen molar-refractivity contribution in [1.29, 1.82) is 0 Å². The Bertz CT molecular complexity index is 3260. The molecule has 2 aliphatic rings. The highest BCUT2D eigenvalue weighted by atomic mass is 32.1. The summed E-state index contributed by atoms with van der Waals surface area (Å²) in [7, 11) is 1.78. The molecule has 0 radical (unpaired) electrons. The highest BCUT2D eigenvalue weighted by Crippen LogP contribution is 2.34. The first-order valence-electron chi connectivity index (χ1n) is 25.2. The molecule has 21 heteroatoms. The molecule has 1 fully saturated rings. The third-order valence-corrected chi connectivity index (χ3v) is 13.5. The molecule has 76 heavy (non-hydrogen) atoms. The molecule has 400 valence electrons. The van der Waals surface area contributed by atoms with Gasteiger partial charge in [-0.15, -0.1) is 0 Å². The number of amides is 4. The number of pyridine rings is 1. The van der Waals surface area contributed by atoms with Gasteiger partial charge in [-0.2, -0.15) is 12.6 Å². The van der Waals surface area contributed by atoms with Gasteiger partial charge in [-0.05, 0) is 64.2 Å². The number of unbranched alkanes of at least 4 members (excludes halogenated alkanes) is 1. The highest BCUT2D eigenvalue weighted by molar-refractivity contribution is 7.81. The number of rotatable bonds is 26. The van der Waals surface area contributed by atoms with E-state index in [-0.39, 0.29) is 73.3 Å². The van der Waals surface area contributed by atoms with E-state index in [2.05, 4.69) is 87.1 Å². The number of carbonyl (C=O) groups excluding carboxylic acids is 4. The van der Waals surface area contributed by atoms with E-state index < -0.39 is 5.91 Å². The van der Waals surface area contributed by atoms with Crippen molar-refractivity contribution >= 4 is 87.5 Å². The van der Waals surface area contributed by atoms with Crippen molar-refractivity contribution in [1.82, 2.24) is 49.9 Å². The van der Waals surface area contributed by atoms with Crippen molar-refractivity contribution in [3.8, 4) is 5.75 Å². The molecule has 6 heterocycles. The molecule has 1 saturated heterocycles. The third kappa shape index (κ3) is 12.8. The maximum absolute atomic E-state index is 13.9. The summed E-state index contributed by atoms with van der Waals surface area (Å²) in [5.74, 6) is 0.361. The Morgan fingerprint density at radius 1 is 0.961 bits per heavy atom. The lowest BCUT2D eigenvalue weighted by molar-refractivity contribution is -0.126. The predicted molar refractivity (Wildman–Crippen MR) is 301 cm³/mol. The Balaban J connectivity index is 1.09. The lowest BCUT2D eigenvalue weighted by Crippen LogP contribution is -2.40. The fraction of sp³-hybridized carbons (Fsp3) is 0.364. The van der Waals surface area contributed by atoms with Gasteiger partial charge >= 0.3 is 0 Å². The minimum Gasteiger partial charge on any atom is -0.491 e. The number of imidazole rings is 2. The smallest absolute Gasteiger partial charge is 0.295 e. The summed E-state index contributed by atoms with van der Waals surface area (Å²) < 4.78 is 16.0. The monoisotopic (exact) mass is 1050 g/mol. The summed E-state index contributed by atoms with van der Waals surface area (Å²) in [5, 5.41) is 14.9. The second-order valence-corrected chi connectivity index (χ2v) is 19.3. The number of nitrogens with one attached hydrogen (secondary N) is 5. The molecule has 0 bridgehead atoms. The summed E-state index contributed by atoms with van der Waals surface area (Å²) in [6.45, 7) is 30.5. The molecule has 1 aromatic carbocycles. The van der Waals surface area contributed by atoms with E-state index in [1.807, 2.05) is 56.5 Å². The van der Waals surface area contributed by atoms with Crippen LogP contribution in [-0.2, 0) is 33.9 Å². The number of thiol groups is 1. The largest absolute Gasteiger partial charge is 0.491 e. The van der Waals surface area contributed by atoms with E-state index in [9.17, 15) is 19.2 Å². The minimum atomic E-state index is -0.512. The number of nitrogens with zero attached hydrogens (tertiary/aromatic N) is 8. The molecule has 7 N–H and O–H groups in total. The third-order valence-electron chi connectivity index (χ3n) is 13.1. The number of oxazole rings is 1. The first-order valence-corrected chi connectivity index (χ1v) is 25.7. The molecule has 7 rings (SSSR count). The zero-order chi connectivity index (χ0) is 55.0. The number of allylic oxidation sites excluding steroid dienone is 3. The van der Waals surface area contributed by atoms with Crippen LogP contribution in [0.15, 0.2) is 107 Å². The molecule has 2 atom stereocenters. The van der Waals surface area contributed by atoms with Gasteiger partial charge in [-0.3, -0.25) is 39.4 Å². The van der Waals surface area contributed by atoms with Crippen molar-refractivity contribution in [2.75, 3.05) is 37.4 Å². The number of ether oxygens (including phenoxy) is 1. The molecule has 2 aliphatic heterocycles. The SMILES string of the molecule is C=C(CN1C(=C)C(S)CC1=O)NCC(=O)N[C@@H](C)C(=C)CCCCOc1cc(C(=C)NC)cc2nc(NC(=O)c3oc(C)nc3CC)n(C/C=C/Cn3c(NC(=O)C4=C(CC)N=C(C)C4)nc4cc(C(=C)N)cnc43)c12. The van der Waals surface area contributed by atoms with E-state index in [4.69, 9.17) is 24.9 Å². The van der Waals surface area contributed by atoms with Crippen LogP contribution >= 0.6 is 12.6 Å². The van der Waals surface area contributed by atoms with Crippen molar-refractivity contribution in [2.24, 2.45) is 10.7 Å². The second kappa shape index (κ2) is 24.4. The Hall–Kier alpha value is -8.20. The molecular weight excluding hydrogens is 985 g/mol. The zero-order valence-corrected chi connectivity index (χ0v) is 45.1. The molecule has 0 aliphatic carbocycles. The van der Waals surface area contributed by atoms with Gasteiger partial charge < -0.3 is 40.3 Å². The minimum absolute atomic E-state index is 0.0179. The van der Waals surface area contributed by atoms with Crippen LogP contribution in [0.2, 0.25) is 0 Å². The van der Waals surface area contributed by atoms with Crippen molar-refractivity contribution < 1.29 is 28.3 Å². The van der Waals surface area contributed by atoms with Crippen LogP contribution in [0.3, 0.4) is 0 Å². The van der Waals surface area contributed by atoms with Gasteiger partial charge in [0.1, 0.15) is 16.8 Å². The topological polar surface area (TPSA) is 254 Å². The first kappa shape index (κ1) is 55.5. The number of aryl methyl sites for hydroxylation is 2. The van der Waals surface area contributed by atoms with Gasteiger partial charge in [0.05, 0.1) is 36.2 Å². The summed E-state index contributed by atoms with van der Waals surface area (Å²) in [5.41, 5.74) is 15.2. The second-order valence-electron chi connectivity index (χ2n) is 18.7. The van der Waals surface area contributed by atoms with Crippen LogP contribution in [0.5, 0.6) is 5.75 Å². The predicted octanol–water partition coefficient (Wildman–Crippen LogP) is 7.49. The van der Waals surface area contributed by atoms with E-state index >= 15 is 0 Å². The maximum Gasteiger partial charge on any atom is 0.295 e. The molecule has 1 unspecified atom stereocenters. The van der Waals surface area contributed by atoms with Crippen LogP contribution in [0, 0.1) is 6.92 Å². The molecule has 4 aromatic heterocycles. The summed E-state index contributed by atoms with van der Waals surface area (Å²) >= 11 is 4.40. The van der Waals surface area contributed by atoms with Crippen LogP contribution < -0.4 is 37.1 Å². The Kier molecular flexibility index (Phi) is 17.9. The number of aromatic nitrogens is 6. The fourth-order valence-electron chi connectivity index (χ4n) is 8.79. The Labute approximate surface area is 447 Å².